The van der Waals surface area contributed by atoms with Crippen molar-refractivity contribution < 1.29 is 13.2 Å². The number of ether oxygens (including phenoxy) is 1. The first kappa shape index (κ1) is 22.0. The molecule has 0 fully saturated rings. The van der Waals surface area contributed by atoms with Crippen molar-refractivity contribution in [2.24, 2.45) is 0 Å². The zero-order valence-corrected chi connectivity index (χ0v) is 18.7. The predicted molar refractivity (Wildman–Crippen MR) is 125 cm³/mol. The summed E-state index contributed by atoms with van der Waals surface area (Å²) in [6.45, 7) is 3.81. The number of allylic oxidation sites excluding steroid dienone is 1. The summed E-state index contributed by atoms with van der Waals surface area (Å²) in [6, 6.07) is 19.8. The van der Waals surface area contributed by atoms with E-state index in [1.807, 2.05) is 19.9 Å². The molecule has 4 rings (SSSR count). The molecule has 0 atom stereocenters. The van der Waals surface area contributed by atoms with Crippen LogP contribution in [0.4, 0.5) is 0 Å². The smallest absolute Gasteiger partial charge is 0.269 e. The summed E-state index contributed by atoms with van der Waals surface area (Å²) < 4.78 is 33.3. The van der Waals surface area contributed by atoms with Gasteiger partial charge in [0.25, 0.3) is 5.56 Å². The number of fused-ring (bicyclic) bond motifs is 1. The lowest BCUT2D eigenvalue weighted by Crippen LogP contribution is -2.19. The topological polar surface area (TPSA) is 102 Å². The van der Waals surface area contributed by atoms with Gasteiger partial charge in [0.15, 0.2) is 0 Å². The Bertz CT molecular complexity index is 1580. The molecule has 0 aliphatic carbocycles. The highest BCUT2D eigenvalue weighted by Crippen LogP contribution is 2.28. The third-order valence-electron chi connectivity index (χ3n) is 4.87. The molecule has 0 unspecified atom stereocenters. The van der Waals surface area contributed by atoms with Gasteiger partial charge in [-0.2, -0.15) is 10.2 Å². The van der Waals surface area contributed by atoms with Crippen molar-refractivity contribution in [2.75, 3.05) is 0 Å². The van der Waals surface area contributed by atoms with Crippen molar-refractivity contribution in [3.05, 3.63) is 105 Å². The van der Waals surface area contributed by atoms with Gasteiger partial charge in [-0.25, -0.2) is 8.42 Å². The van der Waals surface area contributed by atoms with Crippen LogP contribution in [0.2, 0.25) is 0 Å². The van der Waals surface area contributed by atoms with Crippen LogP contribution in [-0.4, -0.2) is 17.8 Å². The van der Waals surface area contributed by atoms with E-state index in [-0.39, 0.29) is 16.3 Å². The predicted octanol–water partition coefficient (Wildman–Crippen LogP) is 4.44. The zero-order valence-electron chi connectivity index (χ0n) is 17.9. The lowest BCUT2D eigenvalue weighted by atomic mass is 10.1. The van der Waals surface area contributed by atoms with E-state index in [1.165, 1.54) is 22.7 Å². The van der Waals surface area contributed by atoms with Crippen LogP contribution in [-0.2, 0) is 9.84 Å². The fourth-order valence-corrected chi connectivity index (χ4v) is 4.58. The van der Waals surface area contributed by atoms with E-state index in [2.05, 4.69) is 4.98 Å². The summed E-state index contributed by atoms with van der Waals surface area (Å²) in [5.74, 6) is 0.353. The van der Waals surface area contributed by atoms with E-state index in [9.17, 15) is 18.5 Å². The van der Waals surface area contributed by atoms with Crippen molar-refractivity contribution in [3.8, 4) is 17.7 Å². The molecule has 0 spiro atoms. The maximum Gasteiger partial charge on any atom is 0.269 e. The van der Waals surface area contributed by atoms with Crippen LogP contribution in [0.1, 0.15) is 16.7 Å². The molecule has 0 aliphatic heterocycles. The molecule has 4 aromatic rings. The van der Waals surface area contributed by atoms with Crippen LogP contribution in [0, 0.1) is 25.2 Å². The summed E-state index contributed by atoms with van der Waals surface area (Å²) in [7, 11) is -4.15. The van der Waals surface area contributed by atoms with Crippen molar-refractivity contribution in [1.82, 2.24) is 9.38 Å². The average Bonchev–Trinajstić information content (AvgIpc) is 2.79. The minimum atomic E-state index is -4.15. The Labute approximate surface area is 190 Å². The maximum absolute atomic E-state index is 13.3. The second kappa shape index (κ2) is 8.73. The standard InChI is InChI=1S/C25H19N3O4S/c1-17-12-18(2)14-19(13-17)32-24-22(25(29)28-11-7-6-10-23(28)27-24)15-21(16-26)33(30,31)20-8-4-3-5-9-20/h3-15H,1-2H3. The Morgan fingerprint density at radius 2 is 1.70 bits per heavy atom. The van der Waals surface area contributed by atoms with Gasteiger partial charge in [-0.3, -0.25) is 9.20 Å². The van der Waals surface area contributed by atoms with Crippen LogP contribution in [0.5, 0.6) is 11.6 Å². The quantitative estimate of drug-likeness (QED) is 0.411. The number of rotatable bonds is 5. The van der Waals surface area contributed by atoms with Crippen LogP contribution in [0.25, 0.3) is 11.7 Å². The van der Waals surface area contributed by atoms with Crippen LogP contribution in [0.15, 0.2) is 87.5 Å². The van der Waals surface area contributed by atoms with Gasteiger partial charge in [0.2, 0.25) is 15.7 Å². The highest BCUT2D eigenvalue weighted by atomic mass is 32.2. The summed E-state index contributed by atoms with van der Waals surface area (Å²) in [5.41, 5.74) is 1.52. The Kier molecular flexibility index (Phi) is 5.82. The number of hydrogen-bond donors (Lipinski definition) is 0. The molecule has 0 saturated heterocycles. The Balaban J connectivity index is 1.95. The first-order valence-electron chi connectivity index (χ1n) is 9.99. The number of nitriles is 1. The van der Waals surface area contributed by atoms with Crippen molar-refractivity contribution >= 4 is 21.6 Å². The number of sulfone groups is 1. The van der Waals surface area contributed by atoms with Gasteiger partial charge in [0, 0.05) is 6.20 Å². The van der Waals surface area contributed by atoms with Gasteiger partial charge in [-0.15, -0.1) is 0 Å². The normalized spacial score (nSPS) is 11.8. The summed E-state index contributed by atoms with van der Waals surface area (Å²) in [6.07, 6.45) is 2.54. The largest absolute Gasteiger partial charge is 0.438 e. The number of nitrogens with zero attached hydrogens (tertiary/aromatic N) is 3. The lowest BCUT2D eigenvalue weighted by molar-refractivity contribution is 0.460. The van der Waals surface area contributed by atoms with Gasteiger partial charge < -0.3 is 4.74 Å². The second-order valence-corrected chi connectivity index (χ2v) is 9.35. The molecule has 0 amide bonds. The Morgan fingerprint density at radius 3 is 2.36 bits per heavy atom. The fourth-order valence-electron chi connectivity index (χ4n) is 3.41. The SMILES string of the molecule is Cc1cc(C)cc(Oc2nc3ccccn3c(=O)c2C=C(C#N)S(=O)(=O)c2ccccc2)c1. The minimum Gasteiger partial charge on any atom is -0.438 e. The lowest BCUT2D eigenvalue weighted by Gasteiger charge is -2.11. The molecule has 8 heteroatoms. The third kappa shape index (κ3) is 4.40. The van der Waals surface area contributed by atoms with Crippen molar-refractivity contribution in [2.45, 2.75) is 18.7 Å². The first-order chi connectivity index (χ1) is 15.8. The highest BCUT2D eigenvalue weighted by Gasteiger charge is 2.23. The molecule has 2 aromatic heterocycles. The van der Waals surface area contributed by atoms with Crippen molar-refractivity contribution in [3.63, 3.8) is 0 Å². The molecule has 164 valence electrons. The first-order valence-corrected chi connectivity index (χ1v) is 11.5. The third-order valence-corrected chi connectivity index (χ3v) is 6.55. The molecule has 0 N–H and O–H groups in total. The van der Waals surface area contributed by atoms with Gasteiger partial charge in [-0.05, 0) is 67.4 Å². The second-order valence-electron chi connectivity index (χ2n) is 7.43. The molecule has 2 heterocycles. The van der Waals surface area contributed by atoms with Gasteiger partial charge in [0.05, 0.1) is 4.90 Å². The molecule has 0 aliphatic rings. The molecular weight excluding hydrogens is 438 g/mol. The minimum absolute atomic E-state index is 0.0524. The van der Waals surface area contributed by atoms with E-state index in [1.54, 1.807) is 54.6 Å². The average molecular weight is 458 g/mol. The van der Waals surface area contributed by atoms with Crippen molar-refractivity contribution in [1.29, 1.82) is 5.26 Å². The number of aromatic nitrogens is 2. The number of hydrogen-bond acceptors (Lipinski definition) is 6. The zero-order chi connectivity index (χ0) is 23.6. The Morgan fingerprint density at radius 1 is 1.03 bits per heavy atom. The van der Waals surface area contributed by atoms with E-state index >= 15 is 0 Å². The van der Waals surface area contributed by atoms with E-state index in [0.717, 1.165) is 17.2 Å². The molecule has 7 nitrogen and oxygen atoms in total. The molecular formula is C25H19N3O4S. The van der Waals surface area contributed by atoms with Gasteiger partial charge in [0.1, 0.15) is 27.9 Å². The molecule has 0 radical (unpaired) electrons. The molecule has 0 saturated carbocycles. The van der Waals surface area contributed by atoms with E-state index in [4.69, 9.17) is 4.74 Å². The van der Waals surface area contributed by atoms with Crippen LogP contribution in [0.3, 0.4) is 0 Å². The molecule has 2 aromatic carbocycles. The number of benzene rings is 2. The van der Waals surface area contributed by atoms with Gasteiger partial charge in [-0.1, -0.05) is 30.3 Å². The van der Waals surface area contributed by atoms with Crippen LogP contribution >= 0.6 is 0 Å². The highest BCUT2D eigenvalue weighted by molar-refractivity contribution is 7.95. The molecule has 33 heavy (non-hydrogen) atoms. The fraction of sp³-hybridized carbons (Fsp3) is 0.0800. The Hall–Kier alpha value is -4.22. The number of aryl methyl sites for hydroxylation is 2. The molecule has 0 bridgehead atoms. The van der Waals surface area contributed by atoms with Crippen LogP contribution < -0.4 is 10.3 Å². The summed E-state index contributed by atoms with van der Waals surface area (Å²) >= 11 is 0. The monoisotopic (exact) mass is 457 g/mol. The van der Waals surface area contributed by atoms with E-state index in [0.29, 0.717) is 11.4 Å². The van der Waals surface area contributed by atoms with Gasteiger partial charge >= 0.3 is 0 Å². The maximum atomic E-state index is 13.3. The van der Waals surface area contributed by atoms with E-state index < -0.39 is 20.3 Å². The summed E-state index contributed by atoms with van der Waals surface area (Å²) in [4.78, 5) is 17.1. The number of pyridine rings is 1. The summed E-state index contributed by atoms with van der Waals surface area (Å²) in [5, 5.41) is 9.67.